The van der Waals surface area contributed by atoms with E-state index in [1.54, 1.807) is 5.57 Å². The van der Waals surface area contributed by atoms with Crippen LogP contribution in [0.4, 0.5) is 0 Å². The fourth-order valence-electron chi connectivity index (χ4n) is 4.04. The molecule has 4 atom stereocenters. The van der Waals surface area contributed by atoms with Gasteiger partial charge in [-0.3, -0.25) is 0 Å². The third-order valence-corrected chi connectivity index (χ3v) is 4.46. The highest BCUT2D eigenvalue weighted by molar-refractivity contribution is 5.19. The Labute approximate surface area is 82.4 Å². The lowest BCUT2D eigenvalue weighted by Gasteiger charge is -2.32. The minimum Gasteiger partial charge on any atom is -0.0882 e. The molecular weight excluding hydrogens is 156 g/mol. The van der Waals surface area contributed by atoms with Crippen molar-refractivity contribution in [2.45, 2.75) is 40.5 Å². The standard InChI is InChI=1S/C13H22/c1-5-10-6-11-7-12(10)9(4)13(11)8(2)3/h5,8-9,11-13H,6-7H2,1-4H3/b10-5+. The van der Waals surface area contributed by atoms with Crippen molar-refractivity contribution in [2.75, 3.05) is 0 Å². The molecule has 0 aliphatic heterocycles. The van der Waals surface area contributed by atoms with Gasteiger partial charge in [0.15, 0.2) is 0 Å². The summed E-state index contributed by atoms with van der Waals surface area (Å²) in [7, 11) is 0. The maximum Gasteiger partial charge on any atom is -0.0172 e. The van der Waals surface area contributed by atoms with Crippen LogP contribution in [-0.2, 0) is 0 Å². The Bertz CT molecular complexity index is 222. The summed E-state index contributed by atoms with van der Waals surface area (Å²) in [5.74, 6) is 4.82. The van der Waals surface area contributed by atoms with E-state index < -0.39 is 0 Å². The van der Waals surface area contributed by atoms with Crippen molar-refractivity contribution >= 4 is 0 Å². The molecule has 0 radical (unpaired) electrons. The number of rotatable bonds is 1. The predicted octanol–water partition coefficient (Wildman–Crippen LogP) is 3.88. The molecule has 0 nitrogen and oxygen atoms in total. The molecule has 2 saturated carbocycles. The summed E-state index contributed by atoms with van der Waals surface area (Å²) in [6, 6.07) is 0. The molecule has 0 heteroatoms. The first-order valence-electron chi connectivity index (χ1n) is 5.80. The van der Waals surface area contributed by atoms with Gasteiger partial charge in [-0.2, -0.15) is 0 Å². The van der Waals surface area contributed by atoms with Gasteiger partial charge >= 0.3 is 0 Å². The molecule has 2 rings (SSSR count). The molecule has 0 spiro atoms. The van der Waals surface area contributed by atoms with E-state index in [0.29, 0.717) is 0 Å². The van der Waals surface area contributed by atoms with Crippen LogP contribution in [0.2, 0.25) is 0 Å². The summed E-state index contributed by atoms with van der Waals surface area (Å²) < 4.78 is 0. The van der Waals surface area contributed by atoms with E-state index in [1.165, 1.54) is 12.8 Å². The van der Waals surface area contributed by atoms with Crippen LogP contribution in [0.5, 0.6) is 0 Å². The van der Waals surface area contributed by atoms with Crippen molar-refractivity contribution < 1.29 is 0 Å². The fraction of sp³-hybridized carbons (Fsp3) is 0.846. The Morgan fingerprint density at radius 2 is 2.08 bits per heavy atom. The molecule has 74 valence electrons. The maximum absolute atomic E-state index is 2.47. The van der Waals surface area contributed by atoms with Crippen molar-refractivity contribution in [3.63, 3.8) is 0 Å². The van der Waals surface area contributed by atoms with E-state index in [-0.39, 0.29) is 0 Å². The van der Waals surface area contributed by atoms with Gasteiger partial charge < -0.3 is 0 Å². The summed E-state index contributed by atoms with van der Waals surface area (Å²) in [6.07, 6.45) is 5.27. The number of hydrogen-bond donors (Lipinski definition) is 0. The summed E-state index contributed by atoms with van der Waals surface area (Å²) >= 11 is 0. The average Bonchev–Trinajstić information content (AvgIpc) is 2.59. The highest BCUT2D eigenvalue weighted by atomic mass is 14.5. The second-order valence-electron chi connectivity index (χ2n) is 5.35. The van der Waals surface area contributed by atoms with Gasteiger partial charge in [0.25, 0.3) is 0 Å². The molecule has 0 amide bonds. The Hall–Kier alpha value is -0.260. The Kier molecular flexibility index (Phi) is 2.25. The Morgan fingerprint density at radius 1 is 1.38 bits per heavy atom. The van der Waals surface area contributed by atoms with E-state index in [1.807, 2.05) is 0 Å². The zero-order valence-electron chi connectivity index (χ0n) is 9.38. The summed E-state index contributed by atoms with van der Waals surface area (Å²) in [5, 5.41) is 0. The van der Waals surface area contributed by atoms with E-state index in [9.17, 15) is 0 Å². The molecule has 4 unspecified atom stereocenters. The predicted molar refractivity (Wildman–Crippen MR) is 57.5 cm³/mol. The van der Waals surface area contributed by atoms with Gasteiger partial charge in [0, 0.05) is 0 Å². The normalized spacial score (nSPS) is 46.7. The van der Waals surface area contributed by atoms with Crippen molar-refractivity contribution in [3.05, 3.63) is 11.6 Å². The van der Waals surface area contributed by atoms with Crippen LogP contribution in [0.25, 0.3) is 0 Å². The van der Waals surface area contributed by atoms with Gasteiger partial charge in [-0.25, -0.2) is 0 Å². The zero-order valence-corrected chi connectivity index (χ0v) is 9.38. The smallest absolute Gasteiger partial charge is 0.0172 e. The average molecular weight is 178 g/mol. The van der Waals surface area contributed by atoms with Crippen LogP contribution < -0.4 is 0 Å². The van der Waals surface area contributed by atoms with Crippen molar-refractivity contribution in [1.82, 2.24) is 0 Å². The van der Waals surface area contributed by atoms with Gasteiger partial charge in [0.2, 0.25) is 0 Å². The van der Waals surface area contributed by atoms with E-state index in [2.05, 4.69) is 33.8 Å². The monoisotopic (exact) mass is 178 g/mol. The molecular formula is C13H22. The molecule has 2 fully saturated rings. The second-order valence-corrected chi connectivity index (χ2v) is 5.35. The molecule has 0 N–H and O–H groups in total. The number of fused-ring (bicyclic) bond motifs is 2. The molecule has 2 aliphatic rings. The minimum atomic E-state index is 0.892. The van der Waals surface area contributed by atoms with Gasteiger partial charge in [-0.05, 0) is 49.4 Å². The first-order chi connectivity index (χ1) is 6.15. The van der Waals surface area contributed by atoms with E-state index in [0.717, 1.165) is 29.6 Å². The SMILES string of the molecule is C/C=C1\CC2CC1C(C)C2C(C)C. The largest absolute Gasteiger partial charge is 0.0882 e. The summed E-state index contributed by atoms with van der Waals surface area (Å²) in [6.45, 7) is 9.49. The summed E-state index contributed by atoms with van der Waals surface area (Å²) in [5.41, 5.74) is 1.76. The van der Waals surface area contributed by atoms with Crippen LogP contribution in [0.1, 0.15) is 40.5 Å². The lowest BCUT2D eigenvalue weighted by molar-refractivity contribution is 0.209. The highest BCUT2D eigenvalue weighted by Gasteiger charge is 2.48. The lowest BCUT2D eigenvalue weighted by atomic mass is 9.73. The second kappa shape index (κ2) is 3.15. The van der Waals surface area contributed by atoms with Crippen LogP contribution in [0.3, 0.4) is 0 Å². The van der Waals surface area contributed by atoms with Crippen LogP contribution in [-0.4, -0.2) is 0 Å². The first-order valence-corrected chi connectivity index (χ1v) is 5.80. The third kappa shape index (κ3) is 1.26. The molecule has 0 aromatic carbocycles. The maximum atomic E-state index is 2.47. The van der Waals surface area contributed by atoms with E-state index >= 15 is 0 Å². The minimum absolute atomic E-state index is 0.892. The topological polar surface area (TPSA) is 0 Å². The van der Waals surface area contributed by atoms with Gasteiger partial charge in [-0.15, -0.1) is 0 Å². The number of allylic oxidation sites excluding steroid dienone is 2. The van der Waals surface area contributed by atoms with Crippen LogP contribution >= 0.6 is 0 Å². The zero-order chi connectivity index (χ0) is 9.59. The van der Waals surface area contributed by atoms with Gasteiger partial charge in [0.05, 0.1) is 0 Å². The molecule has 0 heterocycles. The van der Waals surface area contributed by atoms with Crippen molar-refractivity contribution in [1.29, 1.82) is 0 Å². The van der Waals surface area contributed by atoms with Crippen LogP contribution in [0, 0.1) is 29.6 Å². The number of hydrogen-bond acceptors (Lipinski definition) is 0. The molecule has 0 saturated heterocycles. The highest BCUT2D eigenvalue weighted by Crippen LogP contribution is 2.56. The third-order valence-electron chi connectivity index (χ3n) is 4.46. The molecule has 2 bridgehead atoms. The quantitative estimate of drug-likeness (QED) is 0.534. The molecule has 2 aliphatic carbocycles. The fourth-order valence-corrected chi connectivity index (χ4v) is 4.04. The molecule has 0 aromatic heterocycles. The molecule has 0 aromatic rings. The van der Waals surface area contributed by atoms with Gasteiger partial charge in [-0.1, -0.05) is 32.4 Å². The molecule has 13 heavy (non-hydrogen) atoms. The Balaban J connectivity index is 2.18. The summed E-state index contributed by atoms with van der Waals surface area (Å²) in [4.78, 5) is 0. The van der Waals surface area contributed by atoms with Gasteiger partial charge in [0.1, 0.15) is 0 Å². The van der Waals surface area contributed by atoms with Crippen molar-refractivity contribution in [2.24, 2.45) is 29.6 Å². The van der Waals surface area contributed by atoms with E-state index in [4.69, 9.17) is 0 Å². The lowest BCUT2D eigenvalue weighted by Crippen LogP contribution is -2.25. The first kappa shape index (κ1) is 9.30. The Morgan fingerprint density at radius 3 is 2.54 bits per heavy atom. The van der Waals surface area contributed by atoms with Crippen molar-refractivity contribution in [3.8, 4) is 0 Å². The van der Waals surface area contributed by atoms with Crippen LogP contribution in [0.15, 0.2) is 11.6 Å².